The average molecular weight is 528 g/mol. The number of piperidine rings is 1. The second-order valence-corrected chi connectivity index (χ2v) is 13.0. The Kier molecular flexibility index (Phi) is 8.28. The number of rotatable bonds is 10. The maximum Gasteiger partial charge on any atom is 0.304 e. The fourth-order valence-electron chi connectivity index (χ4n) is 5.34. The van der Waals surface area contributed by atoms with E-state index in [1.807, 2.05) is 18.2 Å². The van der Waals surface area contributed by atoms with Gasteiger partial charge in [0.05, 0.1) is 28.2 Å². The first-order valence-corrected chi connectivity index (χ1v) is 15.4. The molecule has 0 bridgehead atoms. The van der Waals surface area contributed by atoms with Crippen LogP contribution in [0, 0.1) is 5.92 Å². The SMILES string of the molecule is CCc1ccc(-c2ccc(OC)cc2N2CCC(COc3cccc([Si](CC(=O)O)=C4CC4)c3)CC2)cc1. The van der Waals surface area contributed by atoms with Crippen molar-refractivity contribution in [3.8, 4) is 22.6 Å². The van der Waals surface area contributed by atoms with E-state index in [4.69, 9.17) is 9.47 Å². The van der Waals surface area contributed by atoms with Gasteiger partial charge in [0, 0.05) is 30.4 Å². The van der Waals surface area contributed by atoms with E-state index in [0.717, 1.165) is 61.9 Å². The van der Waals surface area contributed by atoms with Gasteiger partial charge in [-0.1, -0.05) is 48.5 Å². The van der Waals surface area contributed by atoms with Gasteiger partial charge in [-0.05, 0) is 78.6 Å². The first-order valence-electron chi connectivity index (χ1n) is 13.7. The molecule has 0 spiro atoms. The molecule has 0 radical (unpaired) electrons. The van der Waals surface area contributed by atoms with Crippen LogP contribution < -0.4 is 19.6 Å². The lowest BCUT2D eigenvalue weighted by Gasteiger charge is -2.35. The van der Waals surface area contributed by atoms with E-state index in [9.17, 15) is 9.90 Å². The van der Waals surface area contributed by atoms with Crippen molar-refractivity contribution in [1.82, 2.24) is 0 Å². The number of carboxylic acid groups (broad SMARTS) is 1. The Morgan fingerprint density at radius 2 is 1.76 bits per heavy atom. The number of methoxy groups -OCH3 is 1. The second-order valence-electron chi connectivity index (χ2n) is 10.4. The highest BCUT2D eigenvalue weighted by Gasteiger charge is 2.24. The molecule has 1 aliphatic carbocycles. The van der Waals surface area contributed by atoms with Crippen molar-refractivity contribution >= 4 is 30.4 Å². The molecule has 3 aromatic rings. The number of hydrogen-bond donors (Lipinski definition) is 1. The molecule has 6 heteroatoms. The van der Waals surface area contributed by atoms with Crippen LogP contribution in [0.2, 0.25) is 6.04 Å². The minimum absolute atomic E-state index is 0.261. The van der Waals surface area contributed by atoms with Crippen molar-refractivity contribution in [2.75, 3.05) is 31.7 Å². The van der Waals surface area contributed by atoms with E-state index < -0.39 is 14.4 Å². The van der Waals surface area contributed by atoms with Crippen LogP contribution in [0.3, 0.4) is 0 Å². The molecular weight excluding hydrogens is 490 g/mol. The molecule has 2 fully saturated rings. The van der Waals surface area contributed by atoms with Gasteiger partial charge in [0.15, 0.2) is 0 Å². The van der Waals surface area contributed by atoms with Gasteiger partial charge in [-0.2, -0.15) is 0 Å². The normalized spacial score (nSPS) is 15.3. The number of nitrogens with zero attached hydrogens (tertiary/aromatic N) is 1. The molecule has 0 unspecified atom stereocenters. The van der Waals surface area contributed by atoms with Gasteiger partial charge in [-0.25, -0.2) is 0 Å². The maximum absolute atomic E-state index is 11.4. The third-order valence-corrected chi connectivity index (χ3v) is 10.8. The van der Waals surface area contributed by atoms with Crippen LogP contribution >= 0.6 is 0 Å². The van der Waals surface area contributed by atoms with Crippen molar-refractivity contribution in [2.45, 2.75) is 45.1 Å². The summed E-state index contributed by atoms with van der Waals surface area (Å²) in [7, 11) is 0.579. The molecule has 198 valence electrons. The second kappa shape index (κ2) is 12.0. The summed E-state index contributed by atoms with van der Waals surface area (Å²) < 4.78 is 11.8. The zero-order valence-electron chi connectivity index (χ0n) is 22.4. The number of ether oxygens (including phenoxy) is 2. The van der Waals surface area contributed by atoms with Crippen molar-refractivity contribution in [3.05, 3.63) is 72.3 Å². The zero-order chi connectivity index (χ0) is 26.5. The summed E-state index contributed by atoms with van der Waals surface area (Å²) in [5.41, 5.74) is 5.05. The smallest absolute Gasteiger partial charge is 0.304 e. The minimum Gasteiger partial charge on any atom is -0.497 e. The van der Waals surface area contributed by atoms with Crippen LogP contribution in [0.25, 0.3) is 11.1 Å². The fourth-order valence-corrected chi connectivity index (χ4v) is 7.85. The van der Waals surface area contributed by atoms with Gasteiger partial charge in [0.2, 0.25) is 0 Å². The minimum atomic E-state index is -1.15. The van der Waals surface area contributed by atoms with E-state index in [2.05, 4.69) is 60.4 Å². The lowest BCUT2D eigenvalue weighted by molar-refractivity contribution is -0.134. The largest absolute Gasteiger partial charge is 0.497 e. The molecule has 5 rings (SSSR count). The number of aryl methyl sites for hydroxylation is 1. The van der Waals surface area contributed by atoms with Crippen molar-refractivity contribution in [2.24, 2.45) is 5.92 Å². The average Bonchev–Trinajstić information content (AvgIpc) is 3.80. The Morgan fingerprint density at radius 1 is 1.00 bits per heavy atom. The number of aliphatic carboxylic acids is 1. The van der Waals surface area contributed by atoms with E-state index in [0.29, 0.717) is 12.5 Å². The molecule has 38 heavy (non-hydrogen) atoms. The van der Waals surface area contributed by atoms with Gasteiger partial charge in [-0.15, -0.1) is 0 Å². The number of carboxylic acids is 1. The van der Waals surface area contributed by atoms with E-state index >= 15 is 0 Å². The number of benzene rings is 3. The molecule has 0 atom stereocenters. The molecule has 5 nitrogen and oxygen atoms in total. The molecule has 0 amide bonds. The summed E-state index contributed by atoms with van der Waals surface area (Å²) in [4.78, 5) is 13.9. The molecule has 1 heterocycles. The summed E-state index contributed by atoms with van der Waals surface area (Å²) in [6.45, 7) is 4.83. The predicted octanol–water partition coefficient (Wildman–Crippen LogP) is 5.55. The lowest BCUT2D eigenvalue weighted by Crippen LogP contribution is -2.36. The molecule has 1 N–H and O–H groups in total. The number of hydrogen-bond acceptors (Lipinski definition) is 4. The monoisotopic (exact) mass is 527 g/mol. The number of anilines is 1. The summed E-state index contributed by atoms with van der Waals surface area (Å²) in [5, 5.41) is 12.0. The molecular formula is C32H37NO4Si. The van der Waals surface area contributed by atoms with Crippen molar-refractivity contribution in [3.63, 3.8) is 0 Å². The molecule has 1 saturated heterocycles. The van der Waals surface area contributed by atoms with Crippen molar-refractivity contribution < 1.29 is 19.4 Å². The van der Waals surface area contributed by atoms with Gasteiger partial charge < -0.3 is 19.5 Å². The number of carbonyl (C=O) groups is 1. The first kappa shape index (κ1) is 26.2. The lowest BCUT2D eigenvalue weighted by atomic mass is 9.95. The fraction of sp³-hybridized carbons (Fsp3) is 0.375. The van der Waals surface area contributed by atoms with Gasteiger partial charge in [0.1, 0.15) is 11.5 Å². The van der Waals surface area contributed by atoms with Crippen LogP contribution in [0.5, 0.6) is 11.5 Å². The maximum atomic E-state index is 11.4. The van der Waals surface area contributed by atoms with Crippen LogP contribution in [-0.4, -0.2) is 51.5 Å². The third-order valence-electron chi connectivity index (χ3n) is 7.76. The molecule has 1 aliphatic heterocycles. The summed E-state index contributed by atoms with van der Waals surface area (Å²) in [6, 6.07) is 23.7. The first-order chi connectivity index (χ1) is 18.5. The zero-order valence-corrected chi connectivity index (χ0v) is 23.4. The van der Waals surface area contributed by atoms with Gasteiger partial charge in [0.25, 0.3) is 0 Å². The summed E-state index contributed by atoms with van der Waals surface area (Å²) >= 11 is 0. The topological polar surface area (TPSA) is 59.0 Å². The standard InChI is InChI=1S/C32H37NO4Si/c1-3-23-7-9-25(10-8-23)30-14-11-26(36-2)20-31(30)33-17-15-24(16-18-33)21-37-27-5-4-6-29(19-27)38(22-32(34)35)28-12-13-28/h4-11,14,19-20,24H,3,12-13,15-18,21-22H2,1-2H3,(H,34,35). The van der Waals surface area contributed by atoms with Crippen LogP contribution in [-0.2, 0) is 11.2 Å². The van der Waals surface area contributed by atoms with E-state index in [1.54, 1.807) is 7.11 Å². The van der Waals surface area contributed by atoms with E-state index in [1.165, 1.54) is 27.5 Å². The summed E-state index contributed by atoms with van der Waals surface area (Å²) in [6.07, 6.45) is 5.35. The molecule has 1 saturated carbocycles. The third kappa shape index (κ3) is 6.36. The van der Waals surface area contributed by atoms with Gasteiger partial charge in [-0.3, -0.25) is 4.79 Å². The Labute approximate surface area is 227 Å². The Balaban J connectivity index is 1.23. The van der Waals surface area contributed by atoms with Crippen LogP contribution in [0.4, 0.5) is 5.69 Å². The quantitative estimate of drug-likeness (QED) is 0.350. The van der Waals surface area contributed by atoms with E-state index in [-0.39, 0.29) is 6.04 Å². The summed E-state index contributed by atoms with van der Waals surface area (Å²) in [5.74, 6) is 1.54. The van der Waals surface area contributed by atoms with Crippen molar-refractivity contribution in [1.29, 1.82) is 0 Å². The highest BCUT2D eigenvalue weighted by atomic mass is 28.2. The predicted molar refractivity (Wildman–Crippen MR) is 157 cm³/mol. The molecule has 0 aromatic heterocycles. The van der Waals surface area contributed by atoms with Crippen LogP contribution in [0.1, 0.15) is 38.2 Å². The van der Waals surface area contributed by atoms with Gasteiger partial charge >= 0.3 is 5.97 Å². The van der Waals surface area contributed by atoms with Crippen LogP contribution in [0.15, 0.2) is 66.7 Å². The Hall–Kier alpha value is -3.38. The highest BCUT2D eigenvalue weighted by Crippen LogP contribution is 2.36. The Bertz CT molecular complexity index is 1300. The molecule has 3 aromatic carbocycles. The Morgan fingerprint density at radius 3 is 2.42 bits per heavy atom. The highest BCUT2D eigenvalue weighted by molar-refractivity contribution is 6.86. The molecule has 2 aliphatic rings.